The van der Waals surface area contributed by atoms with Crippen LogP contribution in [0, 0.1) is 5.92 Å². The minimum absolute atomic E-state index is 0.0666. The summed E-state index contributed by atoms with van der Waals surface area (Å²) in [4.78, 5) is 14.2. The van der Waals surface area contributed by atoms with Crippen LogP contribution >= 0.6 is 0 Å². The predicted molar refractivity (Wildman–Crippen MR) is 106 cm³/mol. The molecule has 1 fully saturated rings. The Balaban J connectivity index is 1.81. The third-order valence-electron chi connectivity index (χ3n) is 4.81. The number of amides is 1. The molecular weight excluding hydrogens is 366 g/mol. The molecule has 0 atom stereocenters. The number of rotatable bonds is 10. The number of benzene rings is 1. The van der Waals surface area contributed by atoms with Gasteiger partial charge in [0.25, 0.3) is 0 Å². The molecule has 0 aromatic heterocycles. The van der Waals surface area contributed by atoms with E-state index >= 15 is 0 Å². The van der Waals surface area contributed by atoms with Gasteiger partial charge in [-0.2, -0.15) is 0 Å². The third-order valence-corrected chi connectivity index (χ3v) is 6.25. The van der Waals surface area contributed by atoms with Gasteiger partial charge in [-0.3, -0.25) is 4.79 Å². The highest BCUT2D eigenvalue weighted by Crippen LogP contribution is 2.18. The van der Waals surface area contributed by atoms with Gasteiger partial charge in [-0.25, -0.2) is 13.1 Å². The van der Waals surface area contributed by atoms with Crippen molar-refractivity contribution in [2.45, 2.75) is 37.5 Å². The van der Waals surface area contributed by atoms with Crippen molar-refractivity contribution >= 4 is 21.6 Å². The average molecular weight is 398 g/mol. The minimum atomic E-state index is -3.54. The summed E-state index contributed by atoms with van der Waals surface area (Å²) < 4.78 is 32.8. The molecule has 0 bridgehead atoms. The number of ether oxygens (including phenoxy) is 1. The van der Waals surface area contributed by atoms with E-state index < -0.39 is 10.0 Å². The molecule has 1 aliphatic heterocycles. The summed E-state index contributed by atoms with van der Waals surface area (Å²) in [5, 5.41) is 2.76. The van der Waals surface area contributed by atoms with Crippen molar-refractivity contribution in [3.8, 4) is 0 Å². The summed E-state index contributed by atoms with van der Waals surface area (Å²) in [5.41, 5.74) is 0.607. The predicted octanol–water partition coefficient (Wildman–Crippen LogP) is 2.06. The summed E-state index contributed by atoms with van der Waals surface area (Å²) in [7, 11) is -1.84. The van der Waals surface area contributed by atoms with Gasteiger partial charge in [-0.05, 0) is 62.5 Å². The van der Waals surface area contributed by atoms with Gasteiger partial charge in [0.2, 0.25) is 15.9 Å². The number of carbonyl (C=O) groups excluding carboxylic acids is 1. The Kier molecular flexibility index (Phi) is 8.69. The number of carbonyl (C=O) groups is 1. The van der Waals surface area contributed by atoms with Crippen LogP contribution in [0.15, 0.2) is 29.2 Å². The van der Waals surface area contributed by atoms with E-state index in [2.05, 4.69) is 14.9 Å². The van der Waals surface area contributed by atoms with Gasteiger partial charge in [0, 0.05) is 32.3 Å². The largest absolute Gasteiger partial charge is 0.383 e. The summed E-state index contributed by atoms with van der Waals surface area (Å²) in [6.07, 6.45) is 3.18. The molecule has 0 radical (unpaired) electrons. The molecule has 1 aliphatic rings. The van der Waals surface area contributed by atoms with Crippen molar-refractivity contribution in [3.05, 3.63) is 24.3 Å². The molecule has 152 valence electrons. The quantitative estimate of drug-likeness (QED) is 0.631. The zero-order valence-corrected chi connectivity index (χ0v) is 17.1. The first-order valence-corrected chi connectivity index (χ1v) is 11.0. The summed E-state index contributed by atoms with van der Waals surface area (Å²) in [6.45, 7) is 5.99. The number of nitrogens with one attached hydrogen (secondary N) is 2. The van der Waals surface area contributed by atoms with Crippen molar-refractivity contribution in [1.82, 2.24) is 9.62 Å². The Morgan fingerprint density at radius 2 is 1.89 bits per heavy atom. The number of likely N-dealkylation sites (tertiary alicyclic amines) is 1. The molecule has 2 rings (SSSR count). The van der Waals surface area contributed by atoms with Crippen LogP contribution < -0.4 is 10.0 Å². The number of anilines is 1. The van der Waals surface area contributed by atoms with E-state index in [-0.39, 0.29) is 10.8 Å². The molecule has 1 amide bonds. The highest BCUT2D eigenvalue weighted by molar-refractivity contribution is 7.89. The standard InChI is InChI=1S/C19H31N3O4S/c1-3-4-19(23)21-17-5-7-18(8-6-17)27(24,25)20-15-16-9-11-22(12-10-16)13-14-26-2/h5-8,16,20H,3-4,9-15H2,1-2H3,(H,21,23). The monoisotopic (exact) mass is 397 g/mol. The van der Waals surface area contributed by atoms with Crippen LogP contribution in [0.5, 0.6) is 0 Å². The molecule has 1 heterocycles. The van der Waals surface area contributed by atoms with E-state index in [1.54, 1.807) is 19.2 Å². The van der Waals surface area contributed by atoms with Crippen LogP contribution in [-0.4, -0.2) is 59.1 Å². The maximum Gasteiger partial charge on any atom is 0.240 e. The lowest BCUT2D eigenvalue weighted by atomic mass is 9.97. The Morgan fingerprint density at radius 3 is 2.48 bits per heavy atom. The molecule has 1 aromatic rings. The lowest BCUT2D eigenvalue weighted by Crippen LogP contribution is -2.39. The fourth-order valence-electron chi connectivity index (χ4n) is 3.11. The molecule has 1 saturated heterocycles. The zero-order chi connectivity index (χ0) is 19.7. The third kappa shape index (κ3) is 7.21. The Hall–Kier alpha value is -1.48. The van der Waals surface area contributed by atoms with E-state index in [0.29, 0.717) is 24.6 Å². The van der Waals surface area contributed by atoms with E-state index in [4.69, 9.17) is 4.74 Å². The lowest BCUT2D eigenvalue weighted by Gasteiger charge is -2.31. The molecule has 27 heavy (non-hydrogen) atoms. The molecule has 2 N–H and O–H groups in total. The van der Waals surface area contributed by atoms with Crippen molar-refractivity contribution in [2.75, 3.05) is 45.2 Å². The topological polar surface area (TPSA) is 87.7 Å². The summed E-state index contributed by atoms with van der Waals surface area (Å²) in [6, 6.07) is 6.29. The maximum absolute atomic E-state index is 12.5. The Bertz CT molecular complexity index is 683. The SMILES string of the molecule is CCCC(=O)Nc1ccc(S(=O)(=O)NCC2CCN(CCOC)CC2)cc1. The fourth-order valence-corrected chi connectivity index (χ4v) is 4.23. The van der Waals surface area contributed by atoms with Gasteiger partial charge in [0.15, 0.2) is 0 Å². The van der Waals surface area contributed by atoms with Gasteiger partial charge in [0.05, 0.1) is 11.5 Å². The van der Waals surface area contributed by atoms with Crippen LogP contribution in [-0.2, 0) is 19.6 Å². The number of nitrogens with zero attached hydrogens (tertiary/aromatic N) is 1. The van der Waals surface area contributed by atoms with E-state index in [1.165, 1.54) is 12.1 Å². The van der Waals surface area contributed by atoms with Crippen LogP contribution in [0.3, 0.4) is 0 Å². The van der Waals surface area contributed by atoms with Crippen LogP contribution in [0.1, 0.15) is 32.6 Å². The van der Waals surface area contributed by atoms with Gasteiger partial charge in [-0.15, -0.1) is 0 Å². The van der Waals surface area contributed by atoms with Gasteiger partial charge >= 0.3 is 0 Å². The van der Waals surface area contributed by atoms with Gasteiger partial charge in [0.1, 0.15) is 0 Å². The highest BCUT2D eigenvalue weighted by Gasteiger charge is 2.21. The van der Waals surface area contributed by atoms with E-state index in [0.717, 1.165) is 45.5 Å². The normalized spacial score (nSPS) is 16.4. The molecule has 0 unspecified atom stereocenters. The van der Waals surface area contributed by atoms with Gasteiger partial charge in [-0.1, -0.05) is 6.92 Å². The number of hydrogen-bond acceptors (Lipinski definition) is 5. The first kappa shape index (κ1) is 21.8. The van der Waals surface area contributed by atoms with Crippen molar-refractivity contribution in [3.63, 3.8) is 0 Å². The first-order chi connectivity index (χ1) is 12.9. The number of methoxy groups -OCH3 is 1. The second-order valence-corrected chi connectivity index (χ2v) is 8.72. The van der Waals surface area contributed by atoms with Crippen molar-refractivity contribution < 1.29 is 17.9 Å². The van der Waals surface area contributed by atoms with Crippen molar-refractivity contribution in [1.29, 1.82) is 0 Å². The van der Waals surface area contributed by atoms with Crippen LogP contribution in [0.2, 0.25) is 0 Å². The molecule has 0 saturated carbocycles. The molecule has 8 heteroatoms. The molecular formula is C19H31N3O4S. The molecule has 1 aromatic carbocycles. The van der Waals surface area contributed by atoms with E-state index in [1.807, 2.05) is 6.92 Å². The van der Waals surface area contributed by atoms with E-state index in [9.17, 15) is 13.2 Å². The Labute approximate surface area is 162 Å². The summed E-state index contributed by atoms with van der Waals surface area (Å²) >= 11 is 0. The minimum Gasteiger partial charge on any atom is -0.383 e. The lowest BCUT2D eigenvalue weighted by molar-refractivity contribution is -0.116. The van der Waals surface area contributed by atoms with Crippen molar-refractivity contribution in [2.24, 2.45) is 5.92 Å². The molecule has 0 spiro atoms. The average Bonchev–Trinajstić information content (AvgIpc) is 2.66. The zero-order valence-electron chi connectivity index (χ0n) is 16.2. The fraction of sp³-hybridized carbons (Fsp3) is 0.632. The molecule has 0 aliphatic carbocycles. The van der Waals surface area contributed by atoms with Crippen LogP contribution in [0.25, 0.3) is 0 Å². The number of hydrogen-bond donors (Lipinski definition) is 2. The molecule has 7 nitrogen and oxygen atoms in total. The number of sulfonamides is 1. The maximum atomic E-state index is 12.5. The second-order valence-electron chi connectivity index (χ2n) is 6.95. The first-order valence-electron chi connectivity index (χ1n) is 9.55. The van der Waals surface area contributed by atoms with Gasteiger partial charge < -0.3 is 15.0 Å². The Morgan fingerprint density at radius 1 is 1.22 bits per heavy atom. The van der Waals surface area contributed by atoms with Crippen LogP contribution in [0.4, 0.5) is 5.69 Å². The number of piperidine rings is 1. The second kappa shape index (κ2) is 10.8. The highest BCUT2D eigenvalue weighted by atomic mass is 32.2. The smallest absolute Gasteiger partial charge is 0.240 e. The summed E-state index contributed by atoms with van der Waals surface area (Å²) in [5.74, 6) is 0.286.